The predicted molar refractivity (Wildman–Crippen MR) is 106 cm³/mol. The Balaban J connectivity index is 1.62. The maximum absolute atomic E-state index is 12.5. The highest BCUT2D eigenvalue weighted by molar-refractivity contribution is 6.32. The highest BCUT2D eigenvalue weighted by Crippen LogP contribution is 2.22. The summed E-state index contributed by atoms with van der Waals surface area (Å²) in [6.07, 6.45) is 1.35. The molecule has 2 aromatic rings. The summed E-state index contributed by atoms with van der Waals surface area (Å²) in [6, 6.07) is 9.59. The van der Waals surface area contributed by atoms with Crippen LogP contribution >= 0.6 is 11.6 Å². The van der Waals surface area contributed by atoms with E-state index in [1.165, 1.54) is 9.58 Å². The number of carbonyl (C=O) groups excluding carboxylic acids is 3. The van der Waals surface area contributed by atoms with Crippen LogP contribution in [-0.4, -0.2) is 52.2 Å². The van der Waals surface area contributed by atoms with Crippen LogP contribution in [-0.2, 0) is 20.9 Å². The Bertz CT molecular complexity index is 913. The van der Waals surface area contributed by atoms with E-state index in [9.17, 15) is 14.4 Å². The lowest BCUT2D eigenvalue weighted by atomic mass is 9.97. The number of hydrogen-bond acceptors (Lipinski definition) is 5. The summed E-state index contributed by atoms with van der Waals surface area (Å²) in [6.45, 7) is 2.41. The normalized spacial score (nSPS) is 16.5. The topological polar surface area (TPSA) is 108 Å². The smallest absolute Gasteiger partial charge is 0.343 e. The van der Waals surface area contributed by atoms with Crippen LogP contribution in [0.5, 0.6) is 0 Å². The van der Waals surface area contributed by atoms with E-state index in [0.29, 0.717) is 31.6 Å². The van der Waals surface area contributed by atoms with Crippen LogP contribution in [0, 0.1) is 12.8 Å². The minimum atomic E-state index is -0.705. The van der Waals surface area contributed by atoms with Gasteiger partial charge in [-0.15, -0.1) is 0 Å². The molecule has 1 aliphatic heterocycles. The van der Waals surface area contributed by atoms with Crippen molar-refractivity contribution in [2.24, 2.45) is 11.7 Å². The number of likely N-dealkylation sites (tertiary alicyclic amines) is 1. The van der Waals surface area contributed by atoms with Gasteiger partial charge in [0.15, 0.2) is 6.61 Å². The third kappa shape index (κ3) is 4.95. The molecule has 1 aliphatic rings. The molecule has 0 aliphatic carbocycles. The van der Waals surface area contributed by atoms with Crippen molar-refractivity contribution >= 4 is 29.4 Å². The van der Waals surface area contributed by atoms with E-state index in [0.717, 1.165) is 5.56 Å². The van der Waals surface area contributed by atoms with Crippen molar-refractivity contribution in [2.45, 2.75) is 26.3 Å². The van der Waals surface area contributed by atoms with Gasteiger partial charge in [-0.25, -0.2) is 9.48 Å². The minimum Gasteiger partial charge on any atom is -0.452 e. The molecule has 2 heterocycles. The van der Waals surface area contributed by atoms with Crippen molar-refractivity contribution in [2.75, 3.05) is 19.7 Å². The Morgan fingerprint density at radius 3 is 2.69 bits per heavy atom. The van der Waals surface area contributed by atoms with Gasteiger partial charge in [0, 0.05) is 13.1 Å². The van der Waals surface area contributed by atoms with Crippen LogP contribution in [0.4, 0.5) is 0 Å². The zero-order valence-corrected chi connectivity index (χ0v) is 16.9. The molecule has 1 aromatic heterocycles. The quantitative estimate of drug-likeness (QED) is 0.719. The molecule has 9 heteroatoms. The molecule has 3 rings (SSSR count). The molecular weight excluding hydrogens is 396 g/mol. The highest BCUT2D eigenvalue weighted by Gasteiger charge is 2.28. The first-order chi connectivity index (χ1) is 13.9. The number of aromatic nitrogens is 2. The molecule has 2 N–H and O–H groups in total. The monoisotopic (exact) mass is 418 g/mol. The maximum Gasteiger partial charge on any atom is 0.343 e. The van der Waals surface area contributed by atoms with Crippen molar-refractivity contribution in [1.82, 2.24) is 14.7 Å². The first-order valence-electron chi connectivity index (χ1n) is 9.38. The summed E-state index contributed by atoms with van der Waals surface area (Å²) in [5, 5.41) is 4.47. The van der Waals surface area contributed by atoms with Crippen LogP contribution in [0.2, 0.25) is 5.15 Å². The predicted octanol–water partition coefficient (Wildman–Crippen LogP) is 1.77. The van der Waals surface area contributed by atoms with Crippen LogP contribution in [0.15, 0.2) is 30.3 Å². The van der Waals surface area contributed by atoms with Gasteiger partial charge >= 0.3 is 5.97 Å². The Morgan fingerprint density at radius 1 is 1.28 bits per heavy atom. The first kappa shape index (κ1) is 20.9. The highest BCUT2D eigenvalue weighted by atomic mass is 35.5. The van der Waals surface area contributed by atoms with Gasteiger partial charge in [0.1, 0.15) is 10.7 Å². The third-order valence-corrected chi connectivity index (χ3v) is 5.33. The Morgan fingerprint density at radius 2 is 2.00 bits per heavy atom. The van der Waals surface area contributed by atoms with Gasteiger partial charge in [0.05, 0.1) is 18.2 Å². The number of benzene rings is 1. The number of hydrogen-bond donors (Lipinski definition) is 1. The number of primary amides is 1. The number of ether oxygens (including phenoxy) is 1. The minimum absolute atomic E-state index is 0.143. The molecular formula is C20H23ClN4O4. The number of esters is 1. The molecule has 1 atom stereocenters. The number of rotatable bonds is 6. The molecule has 0 spiro atoms. The van der Waals surface area contributed by atoms with E-state index in [1.807, 2.05) is 30.3 Å². The molecule has 0 unspecified atom stereocenters. The number of piperidine rings is 1. The average molecular weight is 419 g/mol. The molecule has 0 radical (unpaired) electrons. The Labute approximate surface area is 173 Å². The fourth-order valence-corrected chi connectivity index (χ4v) is 3.68. The summed E-state index contributed by atoms with van der Waals surface area (Å²) < 4.78 is 6.70. The number of halogens is 1. The van der Waals surface area contributed by atoms with Crippen molar-refractivity contribution in [1.29, 1.82) is 0 Å². The summed E-state index contributed by atoms with van der Waals surface area (Å²) in [5.74, 6) is -1.86. The largest absolute Gasteiger partial charge is 0.452 e. The number of carbonyl (C=O) groups is 3. The van der Waals surface area contributed by atoms with Gasteiger partial charge < -0.3 is 15.4 Å². The lowest BCUT2D eigenvalue weighted by molar-refractivity contribution is -0.137. The van der Waals surface area contributed by atoms with E-state index in [1.54, 1.807) is 6.92 Å². The lowest BCUT2D eigenvalue weighted by Gasteiger charge is -2.31. The first-order valence-corrected chi connectivity index (χ1v) is 9.75. The Kier molecular flexibility index (Phi) is 6.53. The van der Waals surface area contributed by atoms with Gasteiger partial charge in [-0.2, -0.15) is 5.10 Å². The molecule has 29 heavy (non-hydrogen) atoms. The van der Waals surface area contributed by atoms with Crippen LogP contribution in [0.1, 0.15) is 34.5 Å². The fraction of sp³-hybridized carbons (Fsp3) is 0.400. The molecule has 0 saturated carbocycles. The van der Waals surface area contributed by atoms with Crippen molar-refractivity contribution < 1.29 is 19.1 Å². The van der Waals surface area contributed by atoms with Crippen LogP contribution in [0.25, 0.3) is 0 Å². The lowest BCUT2D eigenvalue weighted by Crippen LogP contribution is -2.45. The molecule has 154 valence electrons. The summed E-state index contributed by atoms with van der Waals surface area (Å²) in [4.78, 5) is 37.7. The molecule has 1 fully saturated rings. The van der Waals surface area contributed by atoms with Crippen LogP contribution < -0.4 is 5.73 Å². The van der Waals surface area contributed by atoms with E-state index < -0.39 is 18.5 Å². The molecule has 2 amide bonds. The standard InChI is InChI=1S/C20H23ClN4O4/c1-13-17(18(21)25(23-13)10-14-6-3-2-4-7-14)20(28)29-12-16(26)24-9-5-8-15(11-24)19(22)27/h2-4,6-7,15H,5,8-12H2,1H3,(H2,22,27)/t15-/m1/s1. The van der Waals surface area contributed by atoms with Crippen molar-refractivity contribution in [3.8, 4) is 0 Å². The van der Waals surface area contributed by atoms with Crippen molar-refractivity contribution in [3.05, 3.63) is 52.3 Å². The van der Waals surface area contributed by atoms with E-state index in [2.05, 4.69) is 5.10 Å². The van der Waals surface area contributed by atoms with Gasteiger partial charge in [-0.1, -0.05) is 41.9 Å². The summed E-state index contributed by atoms with van der Waals surface area (Å²) in [7, 11) is 0. The van der Waals surface area contributed by atoms with Gasteiger partial charge in [-0.3, -0.25) is 9.59 Å². The molecule has 0 bridgehead atoms. The second-order valence-electron chi connectivity index (χ2n) is 7.05. The summed E-state index contributed by atoms with van der Waals surface area (Å²) in [5.41, 5.74) is 6.89. The van der Waals surface area contributed by atoms with E-state index in [-0.39, 0.29) is 29.1 Å². The van der Waals surface area contributed by atoms with Gasteiger partial charge in [0.2, 0.25) is 5.91 Å². The van der Waals surface area contributed by atoms with E-state index >= 15 is 0 Å². The molecule has 1 saturated heterocycles. The zero-order chi connectivity index (χ0) is 21.0. The van der Waals surface area contributed by atoms with Crippen molar-refractivity contribution in [3.63, 3.8) is 0 Å². The number of nitrogens with two attached hydrogens (primary N) is 1. The second-order valence-corrected chi connectivity index (χ2v) is 7.41. The molecule has 8 nitrogen and oxygen atoms in total. The average Bonchev–Trinajstić information content (AvgIpc) is 2.99. The number of nitrogens with zero attached hydrogens (tertiary/aromatic N) is 3. The van der Waals surface area contributed by atoms with Gasteiger partial charge in [-0.05, 0) is 25.3 Å². The number of aryl methyl sites for hydroxylation is 1. The second kappa shape index (κ2) is 9.09. The molecule has 1 aromatic carbocycles. The van der Waals surface area contributed by atoms with E-state index in [4.69, 9.17) is 22.1 Å². The maximum atomic E-state index is 12.5. The third-order valence-electron chi connectivity index (χ3n) is 4.95. The van der Waals surface area contributed by atoms with Gasteiger partial charge in [0.25, 0.3) is 5.91 Å². The fourth-order valence-electron chi connectivity index (χ4n) is 3.37. The zero-order valence-electron chi connectivity index (χ0n) is 16.1. The number of amides is 2. The Hall–Kier alpha value is -2.87. The van der Waals surface area contributed by atoms with Crippen LogP contribution in [0.3, 0.4) is 0 Å². The summed E-state index contributed by atoms with van der Waals surface area (Å²) >= 11 is 6.35. The SMILES string of the molecule is Cc1nn(Cc2ccccc2)c(Cl)c1C(=O)OCC(=O)N1CCC[C@@H](C(N)=O)C1.